The first-order valence-corrected chi connectivity index (χ1v) is 8.99. The lowest BCUT2D eigenvalue weighted by Crippen LogP contribution is -2.32. The second kappa shape index (κ2) is 7.60. The number of nitrogens with one attached hydrogen (secondary N) is 1. The summed E-state index contributed by atoms with van der Waals surface area (Å²) in [5.74, 6) is 1.53. The van der Waals surface area contributed by atoms with Crippen molar-refractivity contribution >= 4 is 11.6 Å². The molecule has 0 unspecified atom stereocenters. The van der Waals surface area contributed by atoms with Crippen molar-refractivity contribution < 1.29 is 14.3 Å². The molecule has 2 heterocycles. The second-order valence-electron chi connectivity index (χ2n) is 6.49. The number of ether oxygens (including phenoxy) is 2. The van der Waals surface area contributed by atoms with Crippen molar-refractivity contribution in [3.8, 4) is 11.5 Å². The first-order chi connectivity index (χ1) is 13.7. The molecule has 0 aliphatic carbocycles. The van der Waals surface area contributed by atoms with E-state index in [2.05, 4.69) is 10.3 Å². The average molecular weight is 375 g/mol. The number of aromatic nitrogens is 1. The van der Waals surface area contributed by atoms with Crippen molar-refractivity contribution in [1.29, 1.82) is 0 Å². The molecule has 0 saturated carbocycles. The van der Waals surface area contributed by atoms with Gasteiger partial charge in [-0.2, -0.15) is 0 Å². The van der Waals surface area contributed by atoms with E-state index in [1.807, 2.05) is 54.6 Å². The standard InChI is InChI=1S/C22H21N3O3/c1-27-17-9-5-15(6-10-17)14-25-21(20-19(22(25)26)4-3-13-23-20)24-16-7-11-18(28-2)12-8-16/h3-13,21,24H,14H2,1-2H3/t21-/m0/s1. The van der Waals surface area contributed by atoms with Gasteiger partial charge >= 0.3 is 0 Å². The molecule has 1 amide bonds. The Labute approximate surface area is 163 Å². The molecule has 0 fully saturated rings. The number of benzene rings is 2. The van der Waals surface area contributed by atoms with Crippen LogP contribution in [-0.2, 0) is 6.54 Å². The summed E-state index contributed by atoms with van der Waals surface area (Å²) < 4.78 is 10.4. The Kier molecular flexibility index (Phi) is 4.85. The fourth-order valence-electron chi connectivity index (χ4n) is 3.32. The van der Waals surface area contributed by atoms with Crippen LogP contribution in [0.5, 0.6) is 11.5 Å². The van der Waals surface area contributed by atoms with E-state index in [4.69, 9.17) is 9.47 Å². The highest BCUT2D eigenvalue weighted by Crippen LogP contribution is 2.34. The molecule has 0 spiro atoms. The van der Waals surface area contributed by atoms with Gasteiger partial charge in [-0.15, -0.1) is 0 Å². The summed E-state index contributed by atoms with van der Waals surface area (Å²) in [6.07, 6.45) is 1.37. The maximum atomic E-state index is 13.0. The van der Waals surface area contributed by atoms with Crippen molar-refractivity contribution in [3.05, 3.63) is 83.7 Å². The molecule has 0 saturated heterocycles. The van der Waals surface area contributed by atoms with E-state index in [9.17, 15) is 4.79 Å². The highest BCUT2D eigenvalue weighted by Gasteiger charge is 2.37. The van der Waals surface area contributed by atoms with Gasteiger partial charge in [-0.1, -0.05) is 12.1 Å². The molecule has 1 aromatic heterocycles. The molecule has 6 heteroatoms. The Bertz CT molecular complexity index is 971. The second-order valence-corrected chi connectivity index (χ2v) is 6.49. The summed E-state index contributed by atoms with van der Waals surface area (Å²) in [7, 11) is 3.27. The molecular formula is C22H21N3O3. The number of rotatable bonds is 6. The van der Waals surface area contributed by atoms with Crippen LogP contribution in [0.3, 0.4) is 0 Å². The van der Waals surface area contributed by atoms with Gasteiger partial charge in [0.1, 0.15) is 17.7 Å². The number of hydrogen-bond acceptors (Lipinski definition) is 5. The summed E-state index contributed by atoms with van der Waals surface area (Å²) in [5.41, 5.74) is 3.26. The number of methoxy groups -OCH3 is 2. The van der Waals surface area contributed by atoms with Crippen molar-refractivity contribution in [2.75, 3.05) is 19.5 Å². The SMILES string of the molecule is COc1ccc(CN2C(=O)c3cccnc3[C@H]2Nc2ccc(OC)cc2)cc1. The van der Waals surface area contributed by atoms with Gasteiger partial charge in [0.2, 0.25) is 0 Å². The number of pyridine rings is 1. The van der Waals surface area contributed by atoms with Gasteiger partial charge in [0.15, 0.2) is 0 Å². The number of hydrogen-bond donors (Lipinski definition) is 1. The van der Waals surface area contributed by atoms with Gasteiger partial charge in [-0.25, -0.2) is 0 Å². The highest BCUT2D eigenvalue weighted by atomic mass is 16.5. The quantitative estimate of drug-likeness (QED) is 0.709. The lowest BCUT2D eigenvalue weighted by atomic mass is 10.2. The average Bonchev–Trinajstić information content (AvgIpc) is 3.01. The zero-order chi connectivity index (χ0) is 19.5. The number of amides is 1. The molecule has 28 heavy (non-hydrogen) atoms. The smallest absolute Gasteiger partial charge is 0.258 e. The van der Waals surface area contributed by atoms with Crippen LogP contribution in [0.1, 0.15) is 27.8 Å². The molecule has 1 aliphatic rings. The van der Waals surface area contributed by atoms with E-state index in [0.717, 1.165) is 28.4 Å². The van der Waals surface area contributed by atoms with Crippen molar-refractivity contribution in [1.82, 2.24) is 9.88 Å². The van der Waals surface area contributed by atoms with Gasteiger partial charge in [-0.3, -0.25) is 9.78 Å². The van der Waals surface area contributed by atoms with E-state index < -0.39 is 0 Å². The summed E-state index contributed by atoms with van der Waals surface area (Å²) >= 11 is 0. The van der Waals surface area contributed by atoms with E-state index in [1.54, 1.807) is 31.4 Å². The molecule has 142 valence electrons. The van der Waals surface area contributed by atoms with Crippen molar-refractivity contribution in [3.63, 3.8) is 0 Å². The maximum absolute atomic E-state index is 13.0. The molecule has 4 rings (SSSR count). The lowest BCUT2D eigenvalue weighted by Gasteiger charge is -2.26. The highest BCUT2D eigenvalue weighted by molar-refractivity contribution is 5.98. The summed E-state index contributed by atoms with van der Waals surface area (Å²) in [5, 5.41) is 3.43. The van der Waals surface area contributed by atoms with Gasteiger partial charge < -0.3 is 19.7 Å². The molecule has 2 aromatic carbocycles. The van der Waals surface area contributed by atoms with E-state index in [0.29, 0.717) is 12.1 Å². The van der Waals surface area contributed by atoms with Crippen LogP contribution < -0.4 is 14.8 Å². The first kappa shape index (κ1) is 17.9. The number of nitrogens with zero attached hydrogens (tertiary/aromatic N) is 2. The Hall–Kier alpha value is -3.54. The Balaban J connectivity index is 1.63. The minimum atomic E-state index is -0.348. The van der Waals surface area contributed by atoms with Crippen LogP contribution in [0.2, 0.25) is 0 Å². The first-order valence-electron chi connectivity index (χ1n) is 8.99. The van der Waals surface area contributed by atoms with Gasteiger partial charge in [-0.05, 0) is 54.1 Å². The van der Waals surface area contributed by atoms with Crippen LogP contribution >= 0.6 is 0 Å². The van der Waals surface area contributed by atoms with Crippen LogP contribution in [0, 0.1) is 0 Å². The van der Waals surface area contributed by atoms with Crippen molar-refractivity contribution in [2.45, 2.75) is 12.7 Å². The minimum Gasteiger partial charge on any atom is -0.497 e. The third kappa shape index (κ3) is 3.36. The largest absolute Gasteiger partial charge is 0.497 e. The Morgan fingerprint density at radius 3 is 2.25 bits per heavy atom. The Morgan fingerprint density at radius 1 is 0.964 bits per heavy atom. The van der Waals surface area contributed by atoms with Crippen LogP contribution in [0.25, 0.3) is 0 Å². The summed E-state index contributed by atoms with van der Waals surface area (Å²) in [6, 6.07) is 18.9. The number of carbonyl (C=O) groups excluding carboxylic acids is 1. The molecule has 1 atom stereocenters. The summed E-state index contributed by atoms with van der Waals surface area (Å²) in [4.78, 5) is 19.3. The fourth-order valence-corrected chi connectivity index (χ4v) is 3.32. The number of carbonyl (C=O) groups is 1. The topological polar surface area (TPSA) is 63.7 Å². The normalized spacial score (nSPS) is 15.3. The maximum Gasteiger partial charge on any atom is 0.258 e. The monoisotopic (exact) mass is 375 g/mol. The van der Waals surface area contributed by atoms with Crippen molar-refractivity contribution in [2.24, 2.45) is 0 Å². The van der Waals surface area contributed by atoms with E-state index in [1.165, 1.54) is 0 Å². The molecule has 3 aromatic rings. The fraction of sp³-hybridized carbons (Fsp3) is 0.182. The molecule has 1 aliphatic heterocycles. The number of fused-ring (bicyclic) bond motifs is 1. The molecule has 0 radical (unpaired) electrons. The van der Waals surface area contributed by atoms with E-state index >= 15 is 0 Å². The molecule has 1 N–H and O–H groups in total. The van der Waals surface area contributed by atoms with Crippen LogP contribution in [-0.4, -0.2) is 30.0 Å². The predicted molar refractivity (Wildman–Crippen MR) is 106 cm³/mol. The number of anilines is 1. The van der Waals surface area contributed by atoms with Gasteiger partial charge in [0.05, 0.1) is 25.5 Å². The van der Waals surface area contributed by atoms with E-state index in [-0.39, 0.29) is 12.1 Å². The third-order valence-electron chi connectivity index (χ3n) is 4.81. The Morgan fingerprint density at radius 2 is 1.61 bits per heavy atom. The van der Waals surface area contributed by atoms with Gasteiger partial charge in [0, 0.05) is 18.4 Å². The zero-order valence-corrected chi connectivity index (χ0v) is 15.8. The van der Waals surface area contributed by atoms with Gasteiger partial charge in [0.25, 0.3) is 5.91 Å². The molecule has 6 nitrogen and oxygen atoms in total. The summed E-state index contributed by atoms with van der Waals surface area (Å²) in [6.45, 7) is 0.465. The molecule has 0 bridgehead atoms. The minimum absolute atomic E-state index is 0.0371. The van der Waals surface area contributed by atoms with Crippen LogP contribution in [0.15, 0.2) is 66.9 Å². The molecular weight excluding hydrogens is 354 g/mol. The zero-order valence-electron chi connectivity index (χ0n) is 15.8. The predicted octanol–water partition coefficient (Wildman–Crippen LogP) is 3.87. The lowest BCUT2D eigenvalue weighted by molar-refractivity contribution is 0.0727. The van der Waals surface area contributed by atoms with Crippen LogP contribution in [0.4, 0.5) is 5.69 Å². The third-order valence-corrected chi connectivity index (χ3v) is 4.81.